The Morgan fingerprint density at radius 1 is 1.21 bits per heavy atom. The Bertz CT molecular complexity index is 1090. The molecule has 146 valence electrons. The highest BCUT2D eigenvalue weighted by atomic mass is 79.9. The molecule has 0 saturated heterocycles. The Morgan fingerprint density at radius 3 is 2.61 bits per heavy atom. The second-order valence-electron chi connectivity index (χ2n) is 5.52. The molecule has 7 nitrogen and oxygen atoms in total. The first-order valence-electron chi connectivity index (χ1n) is 7.92. The number of nitrogen functional groups attached to an aromatic ring is 1. The number of halogens is 1. The normalized spacial score (nSPS) is 11.3. The first-order chi connectivity index (χ1) is 13.4. The van der Waals surface area contributed by atoms with Gasteiger partial charge in [-0.05, 0) is 33.6 Å². The molecule has 1 aromatic carbocycles. The second-order valence-corrected chi connectivity index (χ2v) is 11.1. The summed E-state index contributed by atoms with van der Waals surface area (Å²) in [5, 5.41) is 3.03. The Balaban J connectivity index is 1.62. The van der Waals surface area contributed by atoms with Crippen molar-refractivity contribution in [3.8, 4) is 0 Å². The lowest BCUT2D eigenvalue weighted by Gasteiger charge is -2.07. The van der Waals surface area contributed by atoms with Crippen LogP contribution in [0.1, 0.15) is 5.56 Å². The van der Waals surface area contributed by atoms with Crippen molar-refractivity contribution in [2.75, 3.05) is 11.5 Å². The number of carbonyl (C=O) groups is 1. The fourth-order valence-corrected chi connectivity index (χ4v) is 6.22. The number of aromatic nitrogens is 2. The third-order valence-electron chi connectivity index (χ3n) is 3.53. The predicted octanol–water partition coefficient (Wildman–Crippen LogP) is 3.12. The Morgan fingerprint density at radius 2 is 1.96 bits per heavy atom. The van der Waals surface area contributed by atoms with E-state index in [0.717, 1.165) is 28.7 Å². The smallest absolute Gasteiger partial charge is 0.230 e. The van der Waals surface area contributed by atoms with Gasteiger partial charge >= 0.3 is 0 Å². The van der Waals surface area contributed by atoms with E-state index in [4.69, 9.17) is 5.73 Å². The van der Waals surface area contributed by atoms with Crippen LogP contribution < -0.4 is 11.1 Å². The van der Waals surface area contributed by atoms with Gasteiger partial charge in [0.2, 0.25) is 15.7 Å². The SMILES string of the molecule is Nc1nc(SCC(=O)NCc2ccccc2)ncc1S(=O)(=O)c1ccc(Br)s1. The third kappa shape index (κ3) is 5.10. The van der Waals surface area contributed by atoms with Gasteiger partial charge in [0.15, 0.2) is 5.16 Å². The van der Waals surface area contributed by atoms with Crippen molar-refractivity contribution in [1.29, 1.82) is 0 Å². The van der Waals surface area contributed by atoms with Crippen LogP contribution in [0.4, 0.5) is 5.82 Å². The summed E-state index contributed by atoms with van der Waals surface area (Å²) in [5.41, 5.74) is 6.84. The molecule has 1 amide bonds. The average molecular weight is 499 g/mol. The number of amides is 1. The van der Waals surface area contributed by atoms with Crippen LogP contribution in [0.5, 0.6) is 0 Å². The molecular weight excluding hydrogens is 484 g/mol. The summed E-state index contributed by atoms with van der Waals surface area (Å²) in [7, 11) is -3.79. The van der Waals surface area contributed by atoms with Crippen LogP contribution in [0.3, 0.4) is 0 Å². The van der Waals surface area contributed by atoms with Crippen LogP contribution in [-0.4, -0.2) is 30.0 Å². The third-order valence-corrected chi connectivity index (χ3v) is 8.28. The number of hydrogen-bond donors (Lipinski definition) is 2. The lowest BCUT2D eigenvalue weighted by molar-refractivity contribution is -0.118. The number of anilines is 1. The first-order valence-corrected chi connectivity index (χ1v) is 12.0. The fraction of sp³-hybridized carbons (Fsp3) is 0.118. The monoisotopic (exact) mass is 498 g/mol. The number of nitrogens with one attached hydrogen (secondary N) is 1. The van der Waals surface area contributed by atoms with Gasteiger partial charge in [0.05, 0.1) is 15.7 Å². The molecule has 0 atom stereocenters. The predicted molar refractivity (Wildman–Crippen MR) is 113 cm³/mol. The molecule has 0 unspecified atom stereocenters. The number of nitrogens with two attached hydrogens (primary N) is 1. The molecule has 0 aliphatic rings. The van der Waals surface area contributed by atoms with Gasteiger partial charge in [0.25, 0.3) is 0 Å². The van der Waals surface area contributed by atoms with Crippen molar-refractivity contribution < 1.29 is 13.2 Å². The van der Waals surface area contributed by atoms with E-state index in [1.807, 2.05) is 30.3 Å². The lowest BCUT2D eigenvalue weighted by Crippen LogP contribution is -2.24. The van der Waals surface area contributed by atoms with Crippen molar-refractivity contribution in [2.24, 2.45) is 0 Å². The van der Waals surface area contributed by atoms with Crippen LogP contribution in [0.2, 0.25) is 0 Å². The average Bonchev–Trinajstić information content (AvgIpc) is 3.12. The number of thioether (sulfide) groups is 1. The Hall–Kier alpha value is -1.95. The molecule has 0 spiro atoms. The van der Waals surface area contributed by atoms with Crippen molar-refractivity contribution in [2.45, 2.75) is 20.8 Å². The molecule has 0 radical (unpaired) electrons. The summed E-state index contributed by atoms with van der Waals surface area (Å²) in [5.74, 6) is -0.237. The fourth-order valence-electron chi connectivity index (χ4n) is 2.17. The molecule has 3 N–H and O–H groups in total. The maximum atomic E-state index is 12.6. The molecule has 0 aliphatic carbocycles. The maximum Gasteiger partial charge on any atom is 0.230 e. The highest BCUT2D eigenvalue weighted by Gasteiger charge is 2.24. The standard InChI is InChI=1S/C17H15BrN4O3S3/c18-13-6-7-15(27-13)28(24,25)12-9-21-17(22-16(12)19)26-10-14(23)20-8-11-4-2-1-3-5-11/h1-7,9H,8,10H2,(H,20,23)(H2,19,21,22). The van der Waals surface area contributed by atoms with Crippen molar-refractivity contribution in [1.82, 2.24) is 15.3 Å². The van der Waals surface area contributed by atoms with Crippen molar-refractivity contribution in [3.05, 3.63) is 58.0 Å². The molecule has 0 aliphatic heterocycles. The number of nitrogens with zero attached hydrogens (tertiary/aromatic N) is 2. The summed E-state index contributed by atoms with van der Waals surface area (Å²) in [6.45, 7) is 0.427. The van der Waals surface area contributed by atoms with Crippen LogP contribution >= 0.6 is 39.0 Å². The van der Waals surface area contributed by atoms with E-state index in [-0.39, 0.29) is 31.7 Å². The maximum absolute atomic E-state index is 12.6. The van der Waals surface area contributed by atoms with E-state index >= 15 is 0 Å². The Kier molecular flexibility index (Phi) is 6.70. The number of benzene rings is 1. The Labute approximate surface area is 178 Å². The zero-order chi connectivity index (χ0) is 20.1. The van der Waals surface area contributed by atoms with E-state index in [0.29, 0.717) is 10.3 Å². The summed E-state index contributed by atoms with van der Waals surface area (Å²) in [4.78, 5) is 19.9. The first kappa shape index (κ1) is 20.8. The van der Waals surface area contributed by atoms with Crippen LogP contribution in [-0.2, 0) is 21.2 Å². The van der Waals surface area contributed by atoms with Crippen molar-refractivity contribution >= 4 is 60.6 Å². The quantitative estimate of drug-likeness (QED) is 0.379. The summed E-state index contributed by atoms with van der Waals surface area (Å²) in [6, 6.07) is 12.7. The van der Waals surface area contributed by atoms with Gasteiger partial charge in [-0.15, -0.1) is 11.3 Å². The van der Waals surface area contributed by atoms with Gasteiger partial charge in [0.1, 0.15) is 14.9 Å². The zero-order valence-electron chi connectivity index (χ0n) is 14.3. The summed E-state index contributed by atoms with van der Waals surface area (Å²) in [6.07, 6.45) is 1.18. The lowest BCUT2D eigenvalue weighted by atomic mass is 10.2. The van der Waals surface area contributed by atoms with E-state index in [1.165, 1.54) is 12.3 Å². The highest BCUT2D eigenvalue weighted by molar-refractivity contribution is 9.11. The number of carbonyl (C=O) groups excluding carboxylic acids is 1. The second kappa shape index (κ2) is 9.03. The molecule has 0 bridgehead atoms. The van der Waals surface area contributed by atoms with E-state index in [2.05, 4.69) is 31.2 Å². The zero-order valence-corrected chi connectivity index (χ0v) is 18.4. The van der Waals surface area contributed by atoms with E-state index in [1.54, 1.807) is 6.07 Å². The van der Waals surface area contributed by atoms with Gasteiger partial charge < -0.3 is 11.1 Å². The van der Waals surface area contributed by atoms with Gasteiger partial charge in [-0.3, -0.25) is 4.79 Å². The van der Waals surface area contributed by atoms with Gasteiger partial charge in [0, 0.05) is 6.54 Å². The van der Waals surface area contributed by atoms with Crippen LogP contribution in [0.15, 0.2) is 66.7 Å². The molecule has 0 saturated carbocycles. The minimum absolute atomic E-state index is 0.0935. The molecular formula is C17H15BrN4O3S3. The summed E-state index contributed by atoms with van der Waals surface area (Å²) < 4.78 is 26.1. The topological polar surface area (TPSA) is 115 Å². The van der Waals surface area contributed by atoms with E-state index in [9.17, 15) is 13.2 Å². The number of rotatable bonds is 7. The van der Waals surface area contributed by atoms with E-state index < -0.39 is 9.84 Å². The summed E-state index contributed by atoms with van der Waals surface area (Å²) >= 11 is 5.40. The molecule has 3 aromatic rings. The largest absolute Gasteiger partial charge is 0.382 e. The van der Waals surface area contributed by atoms with Gasteiger partial charge in [-0.2, -0.15) is 0 Å². The van der Waals surface area contributed by atoms with Crippen LogP contribution in [0, 0.1) is 0 Å². The molecule has 2 aromatic heterocycles. The van der Waals surface area contributed by atoms with Crippen LogP contribution in [0.25, 0.3) is 0 Å². The van der Waals surface area contributed by atoms with Gasteiger partial charge in [-0.1, -0.05) is 42.1 Å². The van der Waals surface area contributed by atoms with Crippen molar-refractivity contribution in [3.63, 3.8) is 0 Å². The molecule has 28 heavy (non-hydrogen) atoms. The number of sulfone groups is 1. The molecule has 0 fully saturated rings. The molecule has 11 heteroatoms. The minimum Gasteiger partial charge on any atom is -0.382 e. The number of thiophene rings is 1. The highest BCUT2D eigenvalue weighted by Crippen LogP contribution is 2.32. The molecule has 3 rings (SSSR count). The van der Waals surface area contributed by atoms with Gasteiger partial charge in [-0.25, -0.2) is 18.4 Å². The number of hydrogen-bond acceptors (Lipinski definition) is 8. The molecule has 2 heterocycles. The minimum atomic E-state index is -3.79.